The number of rotatable bonds is 62. The molecule has 2 aromatic rings. The molecule has 37 N–H and O–H groups in total. The molecule has 0 unspecified atom stereocenters. The Morgan fingerprint density at radius 1 is 0.414 bits per heavy atom. The van der Waals surface area contributed by atoms with Crippen molar-refractivity contribution in [3.8, 4) is 0 Å². The number of aliphatic carboxylic acids is 2. The molecule has 128 heavy (non-hydrogen) atoms. The Bertz CT molecular complexity index is 4110. The first-order valence-corrected chi connectivity index (χ1v) is 42.1. The number of nitrogens with one attached hydrogen (secondary N) is 19. The molecule has 0 spiro atoms. The Kier molecular flexibility index (Phi) is 49.9. The number of aromatic amines is 1. The third-order valence-electron chi connectivity index (χ3n) is 20.1. The van der Waals surface area contributed by atoms with Gasteiger partial charge in [-0.1, -0.05) is 80.0 Å². The summed E-state index contributed by atoms with van der Waals surface area (Å²) < 4.78 is 0. The number of guanidine groups is 2. The first kappa shape index (κ1) is 112. The van der Waals surface area contributed by atoms with Crippen LogP contribution in [0.2, 0.25) is 0 Å². The molecule has 0 aliphatic rings. The number of aliphatic hydroxyl groups excluding tert-OH is 4. The van der Waals surface area contributed by atoms with Gasteiger partial charge in [0.05, 0.1) is 32.3 Å². The summed E-state index contributed by atoms with van der Waals surface area (Å²) in [6, 6.07) is -18.2. The van der Waals surface area contributed by atoms with E-state index in [2.05, 4.69) is 90.1 Å². The van der Waals surface area contributed by atoms with Gasteiger partial charge in [-0.3, -0.25) is 92.3 Å². The number of carboxylic acid groups (broad SMARTS) is 2. The summed E-state index contributed by atoms with van der Waals surface area (Å²) in [7, 11) is 0. The number of nitrogens with two attached hydrogens (primary N) is 6. The van der Waals surface area contributed by atoms with E-state index in [0.29, 0.717) is 22.9 Å². The molecule has 2 rings (SSSR count). The second-order valence-corrected chi connectivity index (χ2v) is 32.2. The minimum atomic E-state index is -2.05. The van der Waals surface area contributed by atoms with Gasteiger partial charge in [0.1, 0.15) is 90.6 Å². The van der Waals surface area contributed by atoms with E-state index in [1.165, 1.54) is 13.8 Å². The zero-order chi connectivity index (χ0) is 96.9. The molecule has 718 valence electrons. The molecule has 0 aliphatic heterocycles. The first-order chi connectivity index (χ1) is 60.1. The lowest BCUT2D eigenvalue weighted by Crippen LogP contribution is -2.62. The number of H-pyrrole nitrogens is 1. The molecule has 0 radical (unpaired) electrons. The summed E-state index contributed by atoms with van der Waals surface area (Å²) in [5.41, 5.74) is 33.9. The quantitative estimate of drug-likeness (QED) is 0.0166. The maximum absolute atomic E-state index is 15.0. The van der Waals surface area contributed by atoms with Crippen molar-refractivity contribution in [1.29, 1.82) is 10.8 Å². The van der Waals surface area contributed by atoms with Gasteiger partial charge in [0.25, 0.3) is 0 Å². The molecule has 0 saturated carbocycles. The van der Waals surface area contributed by atoms with Crippen LogP contribution >= 0.6 is 0 Å². The number of benzene rings is 1. The van der Waals surface area contributed by atoms with Gasteiger partial charge in [0, 0.05) is 49.5 Å². The largest absolute Gasteiger partial charge is 0.481 e. The fraction of sp³-hybridized carbons (Fsp3) is 0.646. The number of carbonyl (C=O) groups is 18. The van der Waals surface area contributed by atoms with Crippen molar-refractivity contribution in [1.82, 2.24) is 90.1 Å². The fourth-order valence-corrected chi connectivity index (χ4v) is 12.8. The normalized spacial score (nSPS) is 15.2. The van der Waals surface area contributed by atoms with E-state index >= 15 is 4.79 Å². The van der Waals surface area contributed by atoms with E-state index in [9.17, 15) is 112 Å². The Hall–Kier alpha value is -12.5. The molecule has 49 heteroatoms. The lowest BCUT2D eigenvalue weighted by atomic mass is 9.95. The fourth-order valence-electron chi connectivity index (χ4n) is 12.8. The number of para-hydroxylation sites is 1. The number of amides is 16. The van der Waals surface area contributed by atoms with E-state index < -0.39 is 279 Å². The lowest BCUT2D eigenvalue weighted by Gasteiger charge is -2.30. The summed E-state index contributed by atoms with van der Waals surface area (Å²) in [6.07, 6.45) is -3.83. The van der Waals surface area contributed by atoms with Gasteiger partial charge in [-0.2, -0.15) is 0 Å². The monoisotopic (exact) mass is 1820 g/mol. The number of unbranched alkanes of at least 4 members (excludes halogenated alkanes) is 1. The summed E-state index contributed by atoms with van der Waals surface area (Å²) in [6.45, 7) is 11.1. The maximum atomic E-state index is 15.0. The van der Waals surface area contributed by atoms with Gasteiger partial charge >= 0.3 is 11.9 Å². The second-order valence-electron chi connectivity index (χ2n) is 32.2. The van der Waals surface area contributed by atoms with Gasteiger partial charge in [-0.05, 0) is 119 Å². The molecule has 0 aliphatic carbocycles. The molecule has 0 fully saturated rings. The molecular formula is C79H133N25O24. The highest BCUT2D eigenvalue weighted by Crippen LogP contribution is 2.21. The molecule has 1 heterocycles. The van der Waals surface area contributed by atoms with E-state index in [1.54, 1.807) is 72.0 Å². The van der Waals surface area contributed by atoms with Gasteiger partial charge in [0.2, 0.25) is 94.5 Å². The predicted molar refractivity (Wildman–Crippen MR) is 461 cm³/mol. The van der Waals surface area contributed by atoms with Crippen molar-refractivity contribution in [2.24, 2.45) is 58.1 Å². The van der Waals surface area contributed by atoms with Crippen molar-refractivity contribution in [3.63, 3.8) is 0 Å². The third kappa shape index (κ3) is 40.4. The van der Waals surface area contributed by atoms with Crippen molar-refractivity contribution in [2.45, 2.75) is 262 Å². The smallest absolute Gasteiger partial charge is 0.326 e. The number of aliphatic hydroxyl groups is 4. The zero-order valence-corrected chi connectivity index (χ0v) is 73.5. The topological polar surface area (TPSA) is 841 Å². The molecule has 17 atom stereocenters. The first-order valence-electron chi connectivity index (χ1n) is 42.1. The van der Waals surface area contributed by atoms with Crippen molar-refractivity contribution >= 4 is 129 Å². The number of carboxylic acids is 2. The van der Waals surface area contributed by atoms with Gasteiger partial charge in [0.15, 0.2) is 11.9 Å². The highest BCUT2D eigenvalue weighted by molar-refractivity contribution is 6.01. The molecular weight excluding hydrogens is 1680 g/mol. The number of primary amides is 2. The number of hydrogen-bond acceptors (Lipinski definition) is 26. The van der Waals surface area contributed by atoms with Crippen LogP contribution in [-0.2, 0) is 92.7 Å². The number of fused-ring (bicyclic) bond motifs is 1. The molecule has 0 bridgehead atoms. The highest BCUT2D eigenvalue weighted by Gasteiger charge is 2.41. The number of aromatic nitrogens is 1. The van der Waals surface area contributed by atoms with Crippen LogP contribution in [0.1, 0.15) is 164 Å². The average Bonchev–Trinajstić information content (AvgIpc) is 1.61. The zero-order valence-electron chi connectivity index (χ0n) is 73.5. The summed E-state index contributed by atoms with van der Waals surface area (Å²) in [4.78, 5) is 250. The minimum absolute atomic E-state index is 0.0273. The van der Waals surface area contributed by atoms with E-state index in [1.807, 2.05) is 0 Å². The highest BCUT2D eigenvalue weighted by atomic mass is 16.4. The van der Waals surface area contributed by atoms with Crippen molar-refractivity contribution < 1.29 is 117 Å². The second kappa shape index (κ2) is 57.3. The molecule has 49 nitrogen and oxygen atoms in total. The molecule has 1 aromatic heterocycles. The van der Waals surface area contributed by atoms with E-state index in [4.69, 9.17) is 45.2 Å². The van der Waals surface area contributed by atoms with Crippen LogP contribution in [0.5, 0.6) is 0 Å². The summed E-state index contributed by atoms with van der Waals surface area (Å²) in [5, 5.41) is 115. The molecule has 1 aromatic carbocycles. The van der Waals surface area contributed by atoms with Crippen LogP contribution in [0.25, 0.3) is 10.9 Å². The van der Waals surface area contributed by atoms with Crippen LogP contribution in [0.15, 0.2) is 30.5 Å². The lowest BCUT2D eigenvalue weighted by molar-refractivity contribution is -0.144. The molecule has 16 amide bonds. The third-order valence-corrected chi connectivity index (χ3v) is 20.1. The maximum Gasteiger partial charge on any atom is 0.326 e. The summed E-state index contributed by atoms with van der Waals surface area (Å²) in [5.74, 6) is -23.5. The SMILES string of the molecule is CC[C@H](C)[C@H](NC(=O)[C@H](CCCCN)NC(=O)[C@H](CCC(=O)O)NC(=O)[C@@H](N)CO)C(=O)N[C@@H](CC(C)C)C(=O)N[C@@H](CC(C)C)C(=O)N[C@@H](CO)C(=O)N[C@@H](Cc1c[nH]c2ccccc12)C(=O)N[C@H](C(=O)N[C@@H](CCCNC(=N)N)C(=O)N[C@@H](CCC(N)=O)C(=O)N[C@@H](CO)C(=O)N[C@H](C(=O)N[C@@H](CCCNC(=N)N)C(=O)N[C@@H](CC(N)=O)C(=O)O)[C@@H](C)O)C(C)C. The predicted octanol–water partition coefficient (Wildman–Crippen LogP) is -9.28. The molecule has 0 saturated heterocycles. The Balaban J connectivity index is 2.62. The van der Waals surface area contributed by atoms with Crippen LogP contribution in [0, 0.1) is 34.5 Å². The van der Waals surface area contributed by atoms with Crippen molar-refractivity contribution in [3.05, 3.63) is 36.0 Å². The summed E-state index contributed by atoms with van der Waals surface area (Å²) >= 11 is 0. The number of carbonyl (C=O) groups excluding carboxylic acids is 16. The standard InChI is InChI=1S/C79H133N25O24/c1-10-40(8)61(103-68(118)46(19-13-14-26-80)92-66(116)50(23-25-59(111)112)91-63(113)44(81)34-105)75(125)98-52(30-38(4)5)69(119)96-51(29-37(2)3)70(120)101-55(35-106)72(122)97-53(31-42-33-90-45-18-12-11-17-43(42)45)71(121)102-60(39(6)7)74(124)94-47(20-15-27-88-78(84)85)64(114)93-49(22-24-57(82)109)67(117)100-56(36-107)73(123)104-62(41(9)108)76(126)95-48(21-16-28-89-79(86)87)65(115)99-54(77(127)128)32-58(83)110/h11-12,17-18,33,37-41,44,46-56,60-62,90,105-108H,10,13-16,19-32,34-36,80-81H2,1-9H3,(H2,82,109)(H2,83,110)(H,91,113)(H,92,116)(H,93,114)(H,94,124)(H,95,126)(H,96,119)(H,97,122)(H,98,125)(H,99,115)(H,100,117)(H,101,120)(H,102,121)(H,103,118)(H,104,123)(H,111,112)(H,127,128)(H4,84,85,88)(H4,86,87,89)/t40-,41+,44-,46-,47-,48-,49-,50-,51-,52-,53-,54-,55-,56-,60-,61-,62-/m0/s1. The van der Waals surface area contributed by atoms with Crippen LogP contribution < -0.4 is 119 Å². The number of hydrogen-bond donors (Lipinski definition) is 31. The Morgan fingerprint density at radius 3 is 1.21 bits per heavy atom. The van der Waals surface area contributed by atoms with E-state index in [-0.39, 0.29) is 95.7 Å². The van der Waals surface area contributed by atoms with E-state index in [0.717, 1.165) is 6.92 Å². The van der Waals surface area contributed by atoms with Crippen LogP contribution in [0.3, 0.4) is 0 Å². The Morgan fingerprint density at radius 2 is 0.781 bits per heavy atom. The van der Waals surface area contributed by atoms with Gasteiger partial charge in [-0.25, -0.2) is 4.79 Å². The van der Waals surface area contributed by atoms with Crippen molar-refractivity contribution in [2.75, 3.05) is 39.5 Å². The van der Waals surface area contributed by atoms with Crippen LogP contribution in [-0.4, -0.2) is 290 Å². The Labute approximate surface area is 739 Å². The van der Waals surface area contributed by atoms with Gasteiger partial charge in [-0.15, -0.1) is 0 Å². The van der Waals surface area contributed by atoms with Gasteiger partial charge < -0.3 is 155 Å². The van der Waals surface area contributed by atoms with Crippen LogP contribution in [0.4, 0.5) is 0 Å². The minimum Gasteiger partial charge on any atom is -0.481 e. The average molecular weight is 1820 g/mol.